The van der Waals surface area contributed by atoms with Crippen LogP contribution in [0.2, 0.25) is 5.02 Å². The van der Waals surface area contributed by atoms with E-state index in [1.54, 1.807) is 31.2 Å². The molecule has 0 radical (unpaired) electrons. The summed E-state index contributed by atoms with van der Waals surface area (Å²) in [5.74, 6) is -0.665. The van der Waals surface area contributed by atoms with E-state index in [0.717, 1.165) is 10.5 Å². The number of hydrogen-bond donors (Lipinski definition) is 3. The van der Waals surface area contributed by atoms with Gasteiger partial charge >= 0.3 is 0 Å². The van der Waals surface area contributed by atoms with Gasteiger partial charge in [0.25, 0.3) is 17.7 Å². The number of carbonyl (C=O) groups excluding carboxylic acids is 6. The third kappa shape index (κ3) is 8.80. The van der Waals surface area contributed by atoms with Crippen molar-refractivity contribution >= 4 is 80.8 Å². The number of imide groups is 2. The molecule has 4 aromatic rings. The van der Waals surface area contributed by atoms with Gasteiger partial charge in [0, 0.05) is 45.3 Å². The fraction of sp³-hybridized carbons (Fsp3) is 0.359. The van der Waals surface area contributed by atoms with E-state index in [9.17, 15) is 28.8 Å². The van der Waals surface area contributed by atoms with E-state index in [0.29, 0.717) is 89.4 Å². The van der Waals surface area contributed by atoms with Crippen LogP contribution < -0.4 is 20.9 Å². The van der Waals surface area contributed by atoms with Crippen LogP contribution in [-0.4, -0.2) is 106 Å². The first-order valence-corrected chi connectivity index (χ1v) is 19.7. The second kappa shape index (κ2) is 17.2. The predicted molar refractivity (Wildman–Crippen MR) is 212 cm³/mol. The van der Waals surface area contributed by atoms with Gasteiger partial charge in [0.2, 0.25) is 17.7 Å². The number of ether oxygens (including phenoxy) is 1. The minimum Gasteiger partial charge on any atom is -0.381 e. The molecule has 7 rings (SSSR count). The number of rotatable bonds is 13. The second-order valence-corrected chi connectivity index (χ2v) is 15.3. The number of aryl methyl sites for hydroxylation is 3. The Morgan fingerprint density at radius 1 is 1.00 bits per heavy atom. The molecule has 0 aliphatic carbocycles. The first kappa shape index (κ1) is 39.5. The van der Waals surface area contributed by atoms with Crippen molar-refractivity contribution in [2.75, 3.05) is 54.9 Å². The van der Waals surface area contributed by atoms with E-state index in [4.69, 9.17) is 16.3 Å². The molecule has 2 aromatic heterocycles. The number of piperidine rings is 1. The maximum Gasteiger partial charge on any atom is 0.267 e. The summed E-state index contributed by atoms with van der Waals surface area (Å²) in [6.45, 7) is 6.45. The van der Waals surface area contributed by atoms with Crippen molar-refractivity contribution < 1.29 is 33.5 Å². The van der Waals surface area contributed by atoms with Crippen LogP contribution in [0.4, 0.5) is 22.5 Å². The number of nitrogens with zero attached hydrogens (tertiary/aromatic N) is 6. The largest absolute Gasteiger partial charge is 0.381 e. The van der Waals surface area contributed by atoms with Gasteiger partial charge in [0.05, 0.1) is 41.1 Å². The van der Waals surface area contributed by atoms with Gasteiger partial charge in [-0.15, -0.1) is 0 Å². The molecule has 1 unspecified atom stereocenters. The van der Waals surface area contributed by atoms with Crippen molar-refractivity contribution in [1.29, 1.82) is 0 Å². The summed E-state index contributed by atoms with van der Waals surface area (Å²) in [6.07, 6.45) is 2.90. The zero-order valence-corrected chi connectivity index (χ0v) is 32.9. The zero-order valence-electron chi connectivity index (χ0n) is 31.3. The highest BCUT2D eigenvalue weighted by Crippen LogP contribution is 2.31. The molecule has 0 spiro atoms. The average Bonchev–Trinajstić information content (AvgIpc) is 3.76. The summed E-state index contributed by atoms with van der Waals surface area (Å²) >= 11 is 7.46. The Kier molecular flexibility index (Phi) is 11.9. The molecule has 2 fully saturated rings. The van der Waals surface area contributed by atoms with Gasteiger partial charge in [0.15, 0.2) is 5.13 Å². The number of para-hydroxylation sites is 1. The maximum atomic E-state index is 13.3. The van der Waals surface area contributed by atoms with Crippen LogP contribution in [0.25, 0.3) is 0 Å². The standard InChI is InChI=1S/C39H40ClN9O7S/c1-22-6-3-10-26(40)34(22)46-36(53)28-21-41-39(57-28)44-29-20-30(43-23(2)42-29)47-14-16-48(17-15-47)32(51)13-19-56-18-5-8-24-7-4-9-25-33(24)38(55)49(37(25)54)27-11-12-31(50)45-35(27)52/h3-4,6-7,9-10,20-21,27H,5,8,11-19H2,1-2H3,(H,46,53)(H,45,50,52)(H,41,42,43,44). The van der Waals surface area contributed by atoms with E-state index in [-0.39, 0.29) is 48.8 Å². The van der Waals surface area contributed by atoms with Crippen molar-refractivity contribution in [3.05, 3.63) is 86.6 Å². The molecular weight excluding hydrogens is 774 g/mol. The van der Waals surface area contributed by atoms with Crippen molar-refractivity contribution in [2.24, 2.45) is 0 Å². The van der Waals surface area contributed by atoms with Gasteiger partial charge in [-0.25, -0.2) is 15.0 Å². The Labute approximate surface area is 336 Å². The number of fused-ring (bicyclic) bond motifs is 1. The number of hydrogen-bond acceptors (Lipinski definition) is 13. The highest BCUT2D eigenvalue weighted by atomic mass is 35.5. The van der Waals surface area contributed by atoms with Crippen LogP contribution in [0.15, 0.2) is 48.7 Å². The molecule has 1 atom stereocenters. The Hall–Kier alpha value is -5.78. The highest BCUT2D eigenvalue weighted by molar-refractivity contribution is 7.17. The normalized spacial score (nSPS) is 16.8. The number of amides is 6. The Bertz CT molecular complexity index is 2240. The Morgan fingerprint density at radius 3 is 2.56 bits per heavy atom. The molecule has 5 heterocycles. The molecule has 0 bridgehead atoms. The fourth-order valence-corrected chi connectivity index (χ4v) is 8.04. The lowest BCUT2D eigenvalue weighted by Gasteiger charge is -2.35. The zero-order chi connectivity index (χ0) is 40.2. The van der Waals surface area contributed by atoms with Crippen molar-refractivity contribution in [3.63, 3.8) is 0 Å². The number of thiazole rings is 1. The summed E-state index contributed by atoms with van der Waals surface area (Å²) in [5, 5.41) is 9.20. The van der Waals surface area contributed by atoms with E-state index in [1.165, 1.54) is 17.5 Å². The summed E-state index contributed by atoms with van der Waals surface area (Å²) in [5.41, 5.74) is 2.62. The first-order chi connectivity index (χ1) is 27.5. The lowest BCUT2D eigenvalue weighted by Crippen LogP contribution is -2.54. The van der Waals surface area contributed by atoms with E-state index < -0.39 is 29.7 Å². The van der Waals surface area contributed by atoms with Gasteiger partial charge in [0.1, 0.15) is 28.4 Å². The smallest absolute Gasteiger partial charge is 0.267 e. The minimum absolute atomic E-state index is 0.0114. The molecule has 3 aliphatic heterocycles. The number of anilines is 4. The van der Waals surface area contributed by atoms with Crippen LogP contribution in [0.1, 0.15) is 73.0 Å². The third-order valence-electron chi connectivity index (χ3n) is 9.96. The monoisotopic (exact) mass is 813 g/mol. The van der Waals surface area contributed by atoms with Crippen molar-refractivity contribution in [2.45, 2.75) is 52.0 Å². The molecule has 0 saturated carbocycles. The maximum absolute atomic E-state index is 13.3. The lowest BCUT2D eigenvalue weighted by atomic mass is 9.99. The minimum atomic E-state index is -1.02. The van der Waals surface area contributed by atoms with E-state index in [2.05, 4.69) is 35.8 Å². The average molecular weight is 814 g/mol. The van der Waals surface area contributed by atoms with Crippen LogP contribution in [-0.2, 0) is 25.5 Å². The quantitative estimate of drug-likeness (QED) is 0.128. The summed E-state index contributed by atoms with van der Waals surface area (Å²) < 4.78 is 5.78. The van der Waals surface area contributed by atoms with E-state index in [1.807, 2.05) is 30.0 Å². The highest BCUT2D eigenvalue weighted by Gasteiger charge is 2.45. The predicted octanol–water partition coefficient (Wildman–Crippen LogP) is 4.29. The number of nitrogens with one attached hydrogen (secondary N) is 3. The molecule has 3 N–H and O–H groups in total. The van der Waals surface area contributed by atoms with Crippen LogP contribution >= 0.6 is 22.9 Å². The first-order valence-electron chi connectivity index (χ1n) is 18.6. The van der Waals surface area contributed by atoms with Gasteiger partial charge < -0.3 is 25.2 Å². The topological polar surface area (TPSA) is 196 Å². The SMILES string of the molecule is Cc1nc(Nc2ncc(C(=O)Nc3c(C)cccc3Cl)s2)cc(N2CCN(C(=O)CCOCCCc3cccc4c3C(=O)N(C3CCC(=O)NC3=O)C4=O)CC2)n1. The van der Waals surface area contributed by atoms with Crippen LogP contribution in [0, 0.1) is 13.8 Å². The van der Waals surface area contributed by atoms with Crippen molar-refractivity contribution in [1.82, 2.24) is 30.1 Å². The van der Waals surface area contributed by atoms with Crippen molar-refractivity contribution in [3.8, 4) is 0 Å². The molecule has 2 saturated heterocycles. The van der Waals surface area contributed by atoms with Gasteiger partial charge in [-0.2, -0.15) is 0 Å². The van der Waals surface area contributed by atoms with Gasteiger partial charge in [-0.1, -0.05) is 47.2 Å². The van der Waals surface area contributed by atoms with Gasteiger partial charge in [-0.05, 0) is 56.4 Å². The molecule has 57 heavy (non-hydrogen) atoms. The number of carbonyl (C=O) groups is 6. The molecule has 2 aromatic carbocycles. The number of piperazine rings is 1. The lowest BCUT2D eigenvalue weighted by molar-refractivity contribution is -0.136. The third-order valence-corrected chi connectivity index (χ3v) is 11.2. The number of benzene rings is 2. The van der Waals surface area contributed by atoms with Gasteiger partial charge in [-0.3, -0.25) is 39.0 Å². The summed E-state index contributed by atoms with van der Waals surface area (Å²) in [7, 11) is 0. The number of aromatic nitrogens is 3. The summed E-state index contributed by atoms with van der Waals surface area (Å²) in [4.78, 5) is 95.1. The van der Waals surface area contributed by atoms with E-state index >= 15 is 0 Å². The Balaban J connectivity index is 0.842. The van der Waals surface area contributed by atoms with Crippen LogP contribution in [0.3, 0.4) is 0 Å². The fourth-order valence-electron chi connectivity index (χ4n) is 7.05. The number of halogens is 1. The molecule has 18 heteroatoms. The molecule has 16 nitrogen and oxygen atoms in total. The second-order valence-electron chi connectivity index (χ2n) is 13.8. The molecule has 6 amide bonds. The summed E-state index contributed by atoms with van der Waals surface area (Å²) in [6, 6.07) is 11.3. The molecule has 296 valence electrons. The molecular formula is C39H40ClN9O7S. The molecule has 3 aliphatic rings. The van der Waals surface area contributed by atoms with Crippen LogP contribution in [0.5, 0.6) is 0 Å². The Morgan fingerprint density at radius 2 is 1.79 bits per heavy atom.